The Balaban J connectivity index is 5.56. The Hall–Kier alpha value is -1.00. The van der Waals surface area contributed by atoms with E-state index in [1.807, 2.05) is 9.47 Å². The second-order valence-corrected chi connectivity index (χ2v) is 4.17. The second kappa shape index (κ2) is 7.55. The fraction of sp³-hybridized carbons (Fsp3) is 1.00. The van der Waals surface area contributed by atoms with Gasteiger partial charge in [0.25, 0.3) is 0 Å². The third kappa shape index (κ3) is 5.26. The molecule has 0 saturated heterocycles. The summed E-state index contributed by atoms with van der Waals surface area (Å²) in [6.07, 6.45) is -38.6. The number of hydrogen-bond donors (Lipinski definition) is 0. The van der Waals surface area contributed by atoms with Crippen molar-refractivity contribution in [2.45, 2.75) is 50.5 Å². The van der Waals surface area contributed by atoms with Crippen LogP contribution in [0.5, 0.6) is 0 Å². The minimum Gasteiger partial charge on any atom is -0.314 e. The van der Waals surface area contributed by atoms with Crippen LogP contribution in [0.3, 0.4) is 0 Å². The first-order valence-electron chi connectivity index (χ1n) is 6.23. The molecule has 0 bridgehead atoms. The maximum Gasteiger partial charge on any atom is 0.453 e. The van der Waals surface area contributed by atoms with Gasteiger partial charge in [-0.25, -0.2) is 9.47 Å². The van der Waals surface area contributed by atoms with Crippen molar-refractivity contribution >= 4 is 0 Å². The molecule has 0 aromatic rings. The molecule has 0 N–H and O–H groups in total. The largest absolute Gasteiger partial charge is 0.453 e. The molecule has 0 fully saturated rings. The number of halogens is 12. The Morgan fingerprint density at radius 3 is 0.808 bits per heavy atom. The Labute approximate surface area is 136 Å². The highest BCUT2D eigenvalue weighted by molar-refractivity contribution is 4.78. The van der Waals surface area contributed by atoms with Crippen LogP contribution in [0.25, 0.3) is 0 Å². The summed E-state index contributed by atoms with van der Waals surface area (Å²) in [6, 6.07) is 0. The Morgan fingerprint density at radius 1 is 0.423 bits per heavy atom. The first kappa shape index (κ1) is 25.0. The van der Waals surface area contributed by atoms with Crippen LogP contribution in [0.1, 0.15) is 13.8 Å². The molecule has 0 aromatic heterocycles. The molecule has 0 aliphatic heterocycles. The van der Waals surface area contributed by atoms with E-state index in [9.17, 15) is 52.7 Å². The molecule has 0 aromatic carbocycles. The van der Waals surface area contributed by atoms with Crippen molar-refractivity contribution in [3.05, 3.63) is 0 Å². The molecule has 0 atom stereocenters. The van der Waals surface area contributed by atoms with Gasteiger partial charge in [0.05, 0.1) is 13.2 Å². The molecule has 0 radical (unpaired) electrons. The number of hydrogen-bond acceptors (Lipinski definition) is 4. The van der Waals surface area contributed by atoms with E-state index in [2.05, 4.69) is 9.47 Å². The van der Waals surface area contributed by atoms with Crippen LogP contribution in [-0.2, 0) is 18.9 Å². The molecular weight excluding hydrogens is 412 g/mol. The summed E-state index contributed by atoms with van der Waals surface area (Å²) in [5.41, 5.74) is 0. The summed E-state index contributed by atoms with van der Waals surface area (Å²) in [7, 11) is 0. The van der Waals surface area contributed by atoms with Crippen molar-refractivity contribution in [2.75, 3.05) is 13.2 Å². The van der Waals surface area contributed by atoms with E-state index in [1.165, 1.54) is 0 Å². The van der Waals surface area contributed by atoms with Gasteiger partial charge in [-0.15, -0.1) is 0 Å². The van der Waals surface area contributed by atoms with Crippen molar-refractivity contribution in [3.63, 3.8) is 0 Å². The lowest BCUT2D eigenvalue weighted by Gasteiger charge is -2.34. The zero-order valence-corrected chi connectivity index (χ0v) is 12.6. The summed E-state index contributed by atoms with van der Waals surface area (Å²) in [5, 5.41) is 0. The lowest BCUT2D eigenvalue weighted by atomic mass is 10.5. The van der Waals surface area contributed by atoms with E-state index in [-0.39, 0.29) is 0 Å². The van der Waals surface area contributed by atoms with Gasteiger partial charge in [0.15, 0.2) is 0 Å². The van der Waals surface area contributed by atoms with Crippen LogP contribution in [0, 0.1) is 0 Å². The fourth-order valence-electron chi connectivity index (χ4n) is 1.09. The van der Waals surface area contributed by atoms with Crippen molar-refractivity contribution in [1.29, 1.82) is 0 Å². The third-order valence-electron chi connectivity index (χ3n) is 2.18. The van der Waals surface area contributed by atoms with Crippen molar-refractivity contribution < 1.29 is 71.6 Å². The van der Waals surface area contributed by atoms with Gasteiger partial charge in [-0.2, -0.15) is 52.7 Å². The maximum absolute atomic E-state index is 13.0. The average Bonchev–Trinajstić information content (AvgIpc) is 2.35. The van der Waals surface area contributed by atoms with E-state index >= 15 is 0 Å². The summed E-state index contributed by atoms with van der Waals surface area (Å²) >= 11 is 0. The van der Waals surface area contributed by atoms with Gasteiger partial charge in [0.2, 0.25) is 0 Å². The third-order valence-corrected chi connectivity index (χ3v) is 2.18. The SMILES string of the molecule is CCOC(F)(F)C(F)(F)OC(F)(F)C(F)(F)OC(F)(F)C(F)(F)OCC. The Kier molecular flexibility index (Phi) is 7.26. The average molecular weight is 422 g/mol. The predicted octanol–water partition coefficient (Wildman–Crippen LogP) is 4.65. The highest BCUT2D eigenvalue weighted by Crippen LogP contribution is 2.49. The van der Waals surface area contributed by atoms with Crippen molar-refractivity contribution in [1.82, 2.24) is 0 Å². The van der Waals surface area contributed by atoms with Gasteiger partial charge in [0.1, 0.15) is 0 Å². The number of ether oxygens (including phenoxy) is 4. The molecule has 158 valence electrons. The van der Waals surface area contributed by atoms with Gasteiger partial charge >= 0.3 is 36.7 Å². The topological polar surface area (TPSA) is 36.9 Å². The molecule has 0 spiro atoms. The lowest BCUT2D eigenvalue weighted by Crippen LogP contribution is -2.58. The van der Waals surface area contributed by atoms with Gasteiger partial charge < -0.3 is 9.47 Å². The molecule has 0 heterocycles. The van der Waals surface area contributed by atoms with Crippen molar-refractivity contribution in [3.8, 4) is 0 Å². The van der Waals surface area contributed by atoms with Crippen LogP contribution in [0.2, 0.25) is 0 Å². The lowest BCUT2D eigenvalue weighted by molar-refractivity contribution is -0.563. The molecule has 0 unspecified atom stereocenters. The molecule has 26 heavy (non-hydrogen) atoms. The standard InChI is InChI=1S/C10H10F12O4/c1-3-23-5(11,12)7(15,16)25-9(19,20)10(21,22)26-8(17,18)6(13,14)24-4-2/h3-4H2,1-2H3. The van der Waals surface area contributed by atoms with E-state index in [1.54, 1.807) is 0 Å². The molecular formula is C10H10F12O4. The van der Waals surface area contributed by atoms with Gasteiger partial charge in [-0.05, 0) is 13.8 Å². The zero-order valence-electron chi connectivity index (χ0n) is 12.6. The summed E-state index contributed by atoms with van der Waals surface area (Å²) < 4.78 is 164. The van der Waals surface area contributed by atoms with Crippen LogP contribution in [-0.4, -0.2) is 49.9 Å². The molecule has 0 amide bonds. The van der Waals surface area contributed by atoms with E-state index in [4.69, 9.17) is 0 Å². The fourth-order valence-corrected chi connectivity index (χ4v) is 1.09. The molecule has 0 aliphatic rings. The summed E-state index contributed by atoms with van der Waals surface area (Å²) in [4.78, 5) is 0. The van der Waals surface area contributed by atoms with Gasteiger partial charge in [-0.3, -0.25) is 0 Å². The van der Waals surface area contributed by atoms with Crippen LogP contribution in [0.15, 0.2) is 0 Å². The zero-order chi connectivity index (χ0) is 21.2. The molecule has 0 rings (SSSR count). The Morgan fingerprint density at radius 2 is 0.615 bits per heavy atom. The van der Waals surface area contributed by atoms with Crippen LogP contribution >= 0.6 is 0 Å². The van der Waals surface area contributed by atoms with Gasteiger partial charge in [0, 0.05) is 0 Å². The molecule has 0 aliphatic carbocycles. The first-order valence-corrected chi connectivity index (χ1v) is 6.23. The molecule has 0 saturated carbocycles. The predicted molar refractivity (Wildman–Crippen MR) is 55.1 cm³/mol. The normalized spacial score (nSPS) is 15.5. The first-order chi connectivity index (χ1) is 11.3. The maximum atomic E-state index is 13.0. The van der Waals surface area contributed by atoms with E-state index < -0.39 is 49.9 Å². The minimum atomic E-state index is -6.93. The summed E-state index contributed by atoms with van der Waals surface area (Å²) in [5.74, 6) is 0. The second-order valence-electron chi connectivity index (χ2n) is 4.17. The minimum absolute atomic E-state index is 0.677. The van der Waals surface area contributed by atoms with Crippen LogP contribution < -0.4 is 0 Å². The van der Waals surface area contributed by atoms with E-state index in [0.29, 0.717) is 13.8 Å². The number of rotatable bonds is 11. The van der Waals surface area contributed by atoms with Crippen molar-refractivity contribution in [2.24, 2.45) is 0 Å². The summed E-state index contributed by atoms with van der Waals surface area (Å²) in [6.45, 7) is -1.11. The van der Waals surface area contributed by atoms with Crippen LogP contribution in [0.4, 0.5) is 52.7 Å². The van der Waals surface area contributed by atoms with E-state index in [0.717, 1.165) is 0 Å². The van der Waals surface area contributed by atoms with Gasteiger partial charge in [-0.1, -0.05) is 0 Å². The molecule has 4 nitrogen and oxygen atoms in total. The Bertz CT molecular complexity index is 425. The quantitative estimate of drug-likeness (QED) is 0.455. The highest BCUT2D eigenvalue weighted by Gasteiger charge is 2.75. The monoisotopic (exact) mass is 422 g/mol. The molecule has 16 heteroatoms. The highest BCUT2D eigenvalue weighted by atomic mass is 19.4. The smallest absolute Gasteiger partial charge is 0.314 e. The number of alkyl halides is 12.